The minimum atomic E-state index is 0.170. The first-order valence-corrected chi connectivity index (χ1v) is 5.30. The van der Waals surface area contributed by atoms with Gasteiger partial charge in [-0.05, 0) is 43.0 Å². The molecule has 74 valence electrons. The fraction of sp³-hybridized carbons (Fsp3) is 0.417. The summed E-state index contributed by atoms with van der Waals surface area (Å²) in [6, 6.07) is 3.87. The zero-order chi connectivity index (χ0) is 10.3. The van der Waals surface area contributed by atoms with Gasteiger partial charge in [-0.1, -0.05) is 18.5 Å². The van der Waals surface area contributed by atoms with Gasteiger partial charge in [0.2, 0.25) is 0 Å². The largest absolute Gasteiger partial charge is 0.294 e. The maximum absolute atomic E-state index is 11.8. The molecule has 2 rings (SSSR count). The van der Waals surface area contributed by atoms with Crippen molar-refractivity contribution in [3.05, 3.63) is 33.8 Å². The Hall–Kier alpha value is -0.820. The number of Topliss-reactive ketones (excluding diaryl/α,β-unsaturated/α-hetero) is 1. The van der Waals surface area contributed by atoms with E-state index in [0.717, 1.165) is 34.6 Å². The van der Waals surface area contributed by atoms with Crippen LogP contribution in [0.4, 0.5) is 0 Å². The molecule has 0 radical (unpaired) electrons. The number of benzene rings is 1. The number of halogens is 1. The van der Waals surface area contributed by atoms with E-state index in [1.165, 1.54) is 0 Å². The van der Waals surface area contributed by atoms with Gasteiger partial charge in [0, 0.05) is 16.5 Å². The van der Waals surface area contributed by atoms with Crippen molar-refractivity contribution in [3.63, 3.8) is 0 Å². The van der Waals surface area contributed by atoms with Gasteiger partial charge < -0.3 is 0 Å². The zero-order valence-electron chi connectivity index (χ0n) is 8.43. The molecule has 1 aromatic rings. The molecule has 1 atom stereocenters. The molecule has 0 N–H and O–H groups in total. The highest BCUT2D eigenvalue weighted by molar-refractivity contribution is 6.31. The molecule has 2 heteroatoms. The summed E-state index contributed by atoms with van der Waals surface area (Å²) in [6.07, 6.45) is 1.92. The summed E-state index contributed by atoms with van der Waals surface area (Å²) in [5.74, 6) is 0.439. The van der Waals surface area contributed by atoms with E-state index in [4.69, 9.17) is 11.6 Å². The van der Waals surface area contributed by atoms with Crippen LogP contribution in [0.1, 0.15) is 34.8 Å². The molecule has 1 aliphatic rings. The Morgan fingerprint density at radius 1 is 1.43 bits per heavy atom. The van der Waals surface area contributed by atoms with E-state index in [1.807, 2.05) is 26.0 Å². The van der Waals surface area contributed by atoms with Crippen LogP contribution in [0.3, 0.4) is 0 Å². The van der Waals surface area contributed by atoms with Gasteiger partial charge in [-0.25, -0.2) is 0 Å². The Morgan fingerprint density at radius 3 is 2.86 bits per heavy atom. The topological polar surface area (TPSA) is 17.1 Å². The van der Waals surface area contributed by atoms with Crippen LogP contribution in [0.5, 0.6) is 0 Å². The van der Waals surface area contributed by atoms with Gasteiger partial charge in [-0.3, -0.25) is 4.79 Å². The van der Waals surface area contributed by atoms with Crippen molar-refractivity contribution in [1.29, 1.82) is 0 Å². The molecule has 0 spiro atoms. The van der Waals surface area contributed by atoms with Crippen LogP contribution in [0.25, 0.3) is 0 Å². The summed E-state index contributed by atoms with van der Waals surface area (Å²) in [6.45, 7) is 3.93. The van der Waals surface area contributed by atoms with E-state index in [-0.39, 0.29) is 11.7 Å². The number of aryl methyl sites for hydroxylation is 2. The molecular weight excluding hydrogens is 196 g/mol. The first kappa shape index (κ1) is 9.72. The maximum Gasteiger partial charge on any atom is 0.165 e. The van der Waals surface area contributed by atoms with Crippen LogP contribution in [0, 0.1) is 12.8 Å². The smallest absolute Gasteiger partial charge is 0.165 e. The fourth-order valence-corrected chi connectivity index (χ4v) is 2.11. The summed E-state index contributed by atoms with van der Waals surface area (Å²) >= 11 is 6.02. The van der Waals surface area contributed by atoms with Crippen LogP contribution in [-0.4, -0.2) is 5.78 Å². The van der Waals surface area contributed by atoms with Gasteiger partial charge in [0.25, 0.3) is 0 Å². The molecular formula is C12H13ClO. The Bertz CT molecular complexity index is 396. The molecule has 1 unspecified atom stereocenters. The number of fused-ring (bicyclic) bond motifs is 1. The summed E-state index contributed by atoms with van der Waals surface area (Å²) < 4.78 is 0. The van der Waals surface area contributed by atoms with E-state index in [0.29, 0.717) is 0 Å². The highest BCUT2D eigenvalue weighted by Crippen LogP contribution is 2.29. The minimum Gasteiger partial charge on any atom is -0.294 e. The molecule has 1 nitrogen and oxygen atoms in total. The van der Waals surface area contributed by atoms with E-state index < -0.39 is 0 Å². The number of hydrogen-bond acceptors (Lipinski definition) is 1. The molecule has 0 saturated heterocycles. The molecule has 0 amide bonds. The van der Waals surface area contributed by atoms with Gasteiger partial charge in [-0.15, -0.1) is 0 Å². The normalized spacial score (nSPS) is 20.8. The number of hydrogen-bond donors (Lipinski definition) is 0. The number of carbonyl (C=O) groups excluding carboxylic acids is 1. The predicted octanol–water partition coefficient (Wildman–Crippen LogP) is 3.41. The molecule has 0 saturated carbocycles. The number of rotatable bonds is 0. The lowest BCUT2D eigenvalue weighted by Crippen LogP contribution is -2.20. The lowest BCUT2D eigenvalue weighted by molar-refractivity contribution is 0.0913. The minimum absolute atomic E-state index is 0.170. The van der Waals surface area contributed by atoms with Gasteiger partial charge in [0.1, 0.15) is 0 Å². The van der Waals surface area contributed by atoms with Crippen molar-refractivity contribution in [2.75, 3.05) is 0 Å². The van der Waals surface area contributed by atoms with Crippen LogP contribution >= 0.6 is 11.6 Å². The van der Waals surface area contributed by atoms with Crippen molar-refractivity contribution >= 4 is 17.4 Å². The van der Waals surface area contributed by atoms with E-state index in [2.05, 4.69) is 0 Å². The van der Waals surface area contributed by atoms with E-state index in [9.17, 15) is 4.79 Å². The van der Waals surface area contributed by atoms with Crippen molar-refractivity contribution in [1.82, 2.24) is 0 Å². The van der Waals surface area contributed by atoms with Crippen molar-refractivity contribution in [2.45, 2.75) is 26.7 Å². The van der Waals surface area contributed by atoms with Crippen LogP contribution < -0.4 is 0 Å². The third-order valence-electron chi connectivity index (χ3n) is 2.94. The monoisotopic (exact) mass is 208 g/mol. The predicted molar refractivity (Wildman–Crippen MR) is 58.0 cm³/mol. The second kappa shape index (κ2) is 3.39. The Kier molecular flexibility index (Phi) is 2.36. The third kappa shape index (κ3) is 1.46. The first-order chi connectivity index (χ1) is 6.59. The Balaban J connectivity index is 2.56. The fourth-order valence-electron chi connectivity index (χ4n) is 1.93. The molecule has 14 heavy (non-hydrogen) atoms. The molecule has 1 aliphatic carbocycles. The van der Waals surface area contributed by atoms with Gasteiger partial charge in [0.05, 0.1) is 0 Å². The van der Waals surface area contributed by atoms with Crippen molar-refractivity contribution in [3.8, 4) is 0 Å². The molecule has 0 aliphatic heterocycles. The molecule has 0 aromatic heterocycles. The zero-order valence-corrected chi connectivity index (χ0v) is 9.19. The average Bonchev–Trinajstić information content (AvgIpc) is 2.15. The average molecular weight is 209 g/mol. The Morgan fingerprint density at radius 2 is 2.14 bits per heavy atom. The second-order valence-electron chi connectivity index (χ2n) is 4.06. The SMILES string of the molecule is Cc1cc2c(cc1Cl)CCC(C)C2=O. The van der Waals surface area contributed by atoms with E-state index in [1.54, 1.807) is 0 Å². The highest BCUT2D eigenvalue weighted by Gasteiger charge is 2.24. The summed E-state index contributed by atoms with van der Waals surface area (Å²) in [5, 5.41) is 0.770. The quantitative estimate of drug-likeness (QED) is 0.639. The third-order valence-corrected chi connectivity index (χ3v) is 3.35. The van der Waals surface area contributed by atoms with Crippen LogP contribution in [0.15, 0.2) is 12.1 Å². The molecule has 0 bridgehead atoms. The number of ketones is 1. The van der Waals surface area contributed by atoms with Gasteiger partial charge in [-0.2, -0.15) is 0 Å². The lowest BCUT2D eigenvalue weighted by Gasteiger charge is -2.20. The molecule has 1 aromatic carbocycles. The standard InChI is InChI=1S/C12H13ClO/c1-7-3-4-9-6-11(13)8(2)5-10(9)12(7)14/h5-7H,3-4H2,1-2H3. The maximum atomic E-state index is 11.8. The summed E-state index contributed by atoms with van der Waals surface area (Å²) in [7, 11) is 0. The van der Waals surface area contributed by atoms with Crippen LogP contribution in [0.2, 0.25) is 5.02 Å². The Labute approximate surface area is 89.1 Å². The van der Waals surface area contributed by atoms with Gasteiger partial charge >= 0.3 is 0 Å². The van der Waals surface area contributed by atoms with Crippen molar-refractivity contribution in [2.24, 2.45) is 5.92 Å². The van der Waals surface area contributed by atoms with E-state index >= 15 is 0 Å². The summed E-state index contributed by atoms with van der Waals surface area (Å²) in [5.41, 5.74) is 2.99. The van der Waals surface area contributed by atoms with Gasteiger partial charge in [0.15, 0.2) is 5.78 Å². The van der Waals surface area contributed by atoms with Crippen LogP contribution in [-0.2, 0) is 6.42 Å². The molecule has 0 fully saturated rings. The molecule has 0 heterocycles. The first-order valence-electron chi connectivity index (χ1n) is 4.93. The second-order valence-corrected chi connectivity index (χ2v) is 4.47. The summed E-state index contributed by atoms with van der Waals surface area (Å²) in [4.78, 5) is 11.8. The highest BCUT2D eigenvalue weighted by atomic mass is 35.5. The van der Waals surface area contributed by atoms with Crippen molar-refractivity contribution < 1.29 is 4.79 Å². The number of carbonyl (C=O) groups is 1. The lowest BCUT2D eigenvalue weighted by atomic mass is 9.83.